The second kappa shape index (κ2) is 5.65. The van der Waals surface area contributed by atoms with Crippen molar-refractivity contribution in [2.45, 2.75) is 51.7 Å². The number of rotatable bonds is 5. The average Bonchev–Trinajstić information content (AvgIpc) is 2.90. The molecule has 0 amide bonds. The fourth-order valence-electron chi connectivity index (χ4n) is 2.58. The molecule has 0 spiro atoms. The molecule has 1 unspecified atom stereocenters. The maximum absolute atomic E-state index is 5.66. The molecule has 1 atom stereocenters. The molecular formula is C13H24N4. The zero-order valence-electron chi connectivity index (χ0n) is 11.0. The molecule has 4 heteroatoms. The Balaban J connectivity index is 1.94. The van der Waals surface area contributed by atoms with E-state index in [0.29, 0.717) is 12.1 Å². The van der Waals surface area contributed by atoms with Crippen molar-refractivity contribution in [1.82, 2.24) is 14.7 Å². The third-order valence-corrected chi connectivity index (χ3v) is 3.56. The minimum Gasteiger partial charge on any atom is -0.330 e. The van der Waals surface area contributed by atoms with Crippen LogP contribution < -0.4 is 5.73 Å². The Kier molecular flexibility index (Phi) is 4.18. The standard InChI is InChI=1S/C13H24N4/c1-11(2)17-9-6-12(15-17)10-16-8-3-4-13(16)5-7-14/h6,9,11,13H,3-5,7-8,10,14H2,1-2H3. The monoisotopic (exact) mass is 236 g/mol. The summed E-state index contributed by atoms with van der Waals surface area (Å²) in [6.45, 7) is 7.28. The molecule has 1 aromatic heterocycles. The molecular weight excluding hydrogens is 212 g/mol. The molecule has 0 aliphatic carbocycles. The smallest absolute Gasteiger partial charge is 0.0764 e. The van der Waals surface area contributed by atoms with Crippen LogP contribution in [0.2, 0.25) is 0 Å². The lowest BCUT2D eigenvalue weighted by Gasteiger charge is -2.22. The molecule has 1 fully saturated rings. The molecule has 1 aromatic rings. The third-order valence-electron chi connectivity index (χ3n) is 3.56. The first-order chi connectivity index (χ1) is 8.20. The van der Waals surface area contributed by atoms with Gasteiger partial charge in [0.15, 0.2) is 0 Å². The number of aromatic nitrogens is 2. The molecule has 4 nitrogen and oxygen atoms in total. The molecule has 1 aliphatic heterocycles. The molecule has 2 rings (SSSR count). The van der Waals surface area contributed by atoms with Crippen molar-refractivity contribution in [3.63, 3.8) is 0 Å². The molecule has 0 bridgehead atoms. The fourth-order valence-corrected chi connectivity index (χ4v) is 2.58. The van der Waals surface area contributed by atoms with Crippen molar-refractivity contribution >= 4 is 0 Å². The van der Waals surface area contributed by atoms with Gasteiger partial charge < -0.3 is 5.73 Å². The van der Waals surface area contributed by atoms with Crippen LogP contribution >= 0.6 is 0 Å². The maximum Gasteiger partial charge on any atom is 0.0764 e. The summed E-state index contributed by atoms with van der Waals surface area (Å²) >= 11 is 0. The summed E-state index contributed by atoms with van der Waals surface area (Å²) in [5.41, 5.74) is 6.84. The lowest BCUT2D eigenvalue weighted by atomic mass is 10.1. The van der Waals surface area contributed by atoms with Crippen molar-refractivity contribution in [3.05, 3.63) is 18.0 Å². The average molecular weight is 236 g/mol. The maximum atomic E-state index is 5.66. The topological polar surface area (TPSA) is 47.1 Å². The molecule has 17 heavy (non-hydrogen) atoms. The SMILES string of the molecule is CC(C)n1ccc(CN2CCCC2CCN)n1. The normalized spacial score (nSPS) is 21.5. The van der Waals surface area contributed by atoms with E-state index in [4.69, 9.17) is 5.73 Å². The van der Waals surface area contributed by atoms with Crippen molar-refractivity contribution in [1.29, 1.82) is 0 Å². The first kappa shape index (κ1) is 12.6. The summed E-state index contributed by atoms with van der Waals surface area (Å²) in [6, 6.07) is 3.25. The quantitative estimate of drug-likeness (QED) is 0.847. The molecule has 1 saturated heterocycles. The van der Waals surface area contributed by atoms with E-state index in [9.17, 15) is 0 Å². The summed E-state index contributed by atoms with van der Waals surface area (Å²) in [5, 5.41) is 4.61. The van der Waals surface area contributed by atoms with Gasteiger partial charge in [-0.15, -0.1) is 0 Å². The molecule has 0 radical (unpaired) electrons. The first-order valence-corrected chi connectivity index (χ1v) is 6.69. The Bertz CT molecular complexity index is 345. The van der Waals surface area contributed by atoms with Crippen LogP contribution in [0.15, 0.2) is 12.3 Å². The Morgan fingerprint density at radius 2 is 2.35 bits per heavy atom. The van der Waals surface area contributed by atoms with Crippen molar-refractivity contribution in [2.75, 3.05) is 13.1 Å². The van der Waals surface area contributed by atoms with E-state index in [2.05, 4.69) is 36.1 Å². The highest BCUT2D eigenvalue weighted by Gasteiger charge is 2.24. The van der Waals surface area contributed by atoms with E-state index in [1.165, 1.54) is 25.1 Å². The largest absolute Gasteiger partial charge is 0.330 e. The van der Waals surface area contributed by atoms with Crippen molar-refractivity contribution in [3.8, 4) is 0 Å². The van der Waals surface area contributed by atoms with E-state index in [0.717, 1.165) is 19.5 Å². The van der Waals surface area contributed by atoms with Gasteiger partial charge in [0.1, 0.15) is 0 Å². The molecule has 1 aliphatic rings. The molecule has 96 valence electrons. The summed E-state index contributed by atoms with van der Waals surface area (Å²) in [6.07, 6.45) is 5.79. The summed E-state index contributed by atoms with van der Waals surface area (Å²) in [7, 11) is 0. The second-order valence-corrected chi connectivity index (χ2v) is 5.22. The highest BCUT2D eigenvalue weighted by Crippen LogP contribution is 2.21. The molecule has 2 N–H and O–H groups in total. The number of nitrogens with zero attached hydrogens (tertiary/aromatic N) is 3. The Morgan fingerprint density at radius 1 is 1.53 bits per heavy atom. The second-order valence-electron chi connectivity index (χ2n) is 5.22. The lowest BCUT2D eigenvalue weighted by molar-refractivity contribution is 0.233. The van der Waals surface area contributed by atoms with Crippen LogP contribution in [0.4, 0.5) is 0 Å². The van der Waals surface area contributed by atoms with Gasteiger partial charge in [0, 0.05) is 24.8 Å². The Hall–Kier alpha value is -0.870. The predicted octanol–water partition coefficient (Wildman–Crippen LogP) is 1.78. The van der Waals surface area contributed by atoms with Crippen molar-refractivity contribution in [2.24, 2.45) is 5.73 Å². The summed E-state index contributed by atoms with van der Waals surface area (Å²) in [5.74, 6) is 0. The first-order valence-electron chi connectivity index (χ1n) is 6.69. The minimum absolute atomic E-state index is 0.446. The van der Waals surface area contributed by atoms with Crippen molar-refractivity contribution < 1.29 is 0 Å². The number of hydrogen-bond donors (Lipinski definition) is 1. The van der Waals surface area contributed by atoms with Gasteiger partial charge in [-0.25, -0.2) is 0 Å². The Labute approximate surface area is 104 Å². The molecule has 0 saturated carbocycles. The van der Waals surface area contributed by atoms with Gasteiger partial charge in [-0.2, -0.15) is 5.10 Å². The van der Waals surface area contributed by atoms with Gasteiger partial charge in [0.2, 0.25) is 0 Å². The number of nitrogens with two attached hydrogens (primary N) is 1. The number of hydrogen-bond acceptors (Lipinski definition) is 3. The zero-order valence-corrected chi connectivity index (χ0v) is 11.0. The van der Waals surface area contributed by atoms with Gasteiger partial charge >= 0.3 is 0 Å². The third kappa shape index (κ3) is 3.07. The van der Waals surface area contributed by atoms with Gasteiger partial charge in [0.25, 0.3) is 0 Å². The van der Waals surface area contributed by atoms with Crippen LogP contribution in [0.25, 0.3) is 0 Å². The lowest BCUT2D eigenvalue weighted by Crippen LogP contribution is -2.30. The predicted molar refractivity (Wildman–Crippen MR) is 69.7 cm³/mol. The minimum atomic E-state index is 0.446. The van der Waals surface area contributed by atoms with Crippen LogP contribution in [-0.2, 0) is 6.54 Å². The van der Waals surface area contributed by atoms with E-state index in [-0.39, 0.29) is 0 Å². The molecule has 0 aromatic carbocycles. The van der Waals surface area contributed by atoms with E-state index < -0.39 is 0 Å². The highest BCUT2D eigenvalue weighted by molar-refractivity contribution is 5.00. The highest BCUT2D eigenvalue weighted by atomic mass is 15.3. The van der Waals surface area contributed by atoms with Crippen LogP contribution in [0, 0.1) is 0 Å². The van der Waals surface area contributed by atoms with E-state index >= 15 is 0 Å². The van der Waals surface area contributed by atoms with E-state index in [1.807, 2.05) is 4.68 Å². The van der Waals surface area contributed by atoms with Crippen LogP contribution in [0.5, 0.6) is 0 Å². The van der Waals surface area contributed by atoms with Crippen LogP contribution in [0.1, 0.15) is 44.8 Å². The van der Waals surface area contributed by atoms with Crippen LogP contribution in [-0.4, -0.2) is 33.8 Å². The Morgan fingerprint density at radius 3 is 3.00 bits per heavy atom. The van der Waals surface area contributed by atoms with Gasteiger partial charge in [-0.05, 0) is 52.3 Å². The zero-order chi connectivity index (χ0) is 12.3. The van der Waals surface area contributed by atoms with Gasteiger partial charge in [-0.1, -0.05) is 0 Å². The van der Waals surface area contributed by atoms with Gasteiger partial charge in [-0.3, -0.25) is 9.58 Å². The number of likely N-dealkylation sites (tertiary alicyclic amines) is 1. The fraction of sp³-hybridized carbons (Fsp3) is 0.769. The summed E-state index contributed by atoms with van der Waals surface area (Å²) < 4.78 is 2.03. The van der Waals surface area contributed by atoms with E-state index in [1.54, 1.807) is 0 Å². The van der Waals surface area contributed by atoms with Crippen LogP contribution in [0.3, 0.4) is 0 Å². The van der Waals surface area contributed by atoms with Gasteiger partial charge in [0.05, 0.1) is 5.69 Å². The summed E-state index contributed by atoms with van der Waals surface area (Å²) in [4.78, 5) is 2.53. The molecule has 2 heterocycles.